The van der Waals surface area contributed by atoms with Gasteiger partial charge < -0.3 is 14.5 Å². The zero-order valence-corrected chi connectivity index (χ0v) is 16.2. The molecule has 0 bridgehead atoms. The topological polar surface area (TPSA) is 66.8 Å². The normalized spacial score (nSPS) is 15.5. The highest BCUT2D eigenvalue weighted by molar-refractivity contribution is 7.53. The van der Waals surface area contributed by atoms with Crippen LogP contribution in [0.5, 0.6) is 0 Å². The van der Waals surface area contributed by atoms with Crippen LogP contribution in [0.1, 0.15) is 97.3 Å². The average Bonchev–Trinajstić information content (AvgIpc) is 2.53. The summed E-state index contributed by atoms with van der Waals surface area (Å²) < 4.78 is 17.5. The van der Waals surface area contributed by atoms with Crippen molar-refractivity contribution in [2.24, 2.45) is 0 Å². The third-order valence-electron chi connectivity index (χ3n) is 4.36. The summed E-state index contributed by atoms with van der Waals surface area (Å²) in [4.78, 5) is 10.2. The van der Waals surface area contributed by atoms with Crippen LogP contribution in [0.2, 0.25) is 0 Å². The van der Waals surface area contributed by atoms with Crippen molar-refractivity contribution < 1.29 is 19.1 Å². The van der Waals surface area contributed by atoms with Crippen molar-refractivity contribution in [3.63, 3.8) is 0 Å². The molecule has 0 amide bonds. The molecule has 0 saturated heterocycles. The summed E-state index contributed by atoms with van der Waals surface area (Å²) in [6.07, 6.45) is 14.4. The van der Waals surface area contributed by atoms with Gasteiger partial charge in [0.15, 0.2) is 0 Å². The summed E-state index contributed by atoms with van der Waals surface area (Å²) in [5, 5.41) is 8.82. The summed E-state index contributed by atoms with van der Waals surface area (Å²) in [6.45, 7) is 4.14. The SMILES string of the molecule is CCCCCCCCC(CCCCCCC)P(=O)(O)OCCO. The maximum Gasteiger partial charge on any atom is 0.331 e. The highest BCUT2D eigenvalue weighted by Crippen LogP contribution is 2.51. The fourth-order valence-electron chi connectivity index (χ4n) is 2.89. The monoisotopic (exact) mass is 350 g/mol. The third kappa shape index (κ3) is 13.1. The standard InChI is InChI=1S/C18H39O4P/c1-3-5-7-9-11-13-15-18(14-12-10-8-6-4-2)23(20,21)22-17-16-19/h18-19H,3-17H2,1-2H3,(H,20,21). The van der Waals surface area contributed by atoms with Crippen LogP contribution in [-0.4, -0.2) is 28.9 Å². The zero-order valence-electron chi connectivity index (χ0n) is 15.3. The minimum atomic E-state index is -3.60. The molecule has 140 valence electrons. The highest BCUT2D eigenvalue weighted by atomic mass is 31.2. The lowest BCUT2D eigenvalue weighted by Crippen LogP contribution is -2.13. The number of aliphatic hydroxyl groups is 1. The number of aliphatic hydroxyl groups excluding tert-OH is 1. The number of hydrogen-bond acceptors (Lipinski definition) is 3. The number of hydrogen-bond donors (Lipinski definition) is 2. The van der Waals surface area contributed by atoms with Gasteiger partial charge in [-0.3, -0.25) is 4.57 Å². The summed E-state index contributed by atoms with van der Waals surface area (Å²) in [5.41, 5.74) is -0.262. The number of unbranched alkanes of at least 4 members (excludes halogenated alkanes) is 9. The maximum atomic E-state index is 12.4. The molecule has 0 rings (SSSR count). The van der Waals surface area contributed by atoms with E-state index >= 15 is 0 Å². The Hall–Kier alpha value is 0.110. The van der Waals surface area contributed by atoms with Crippen LogP contribution in [0.25, 0.3) is 0 Å². The Balaban J connectivity index is 4.17. The van der Waals surface area contributed by atoms with Crippen molar-refractivity contribution in [3.05, 3.63) is 0 Å². The zero-order chi connectivity index (χ0) is 17.4. The Morgan fingerprint density at radius 2 is 1.26 bits per heavy atom. The van der Waals surface area contributed by atoms with E-state index in [1.165, 1.54) is 44.9 Å². The Morgan fingerprint density at radius 1 is 0.826 bits per heavy atom. The molecule has 0 saturated carbocycles. The van der Waals surface area contributed by atoms with Gasteiger partial charge in [0.25, 0.3) is 0 Å². The van der Waals surface area contributed by atoms with E-state index in [2.05, 4.69) is 13.8 Å². The lowest BCUT2D eigenvalue weighted by atomic mass is 10.0. The quantitative estimate of drug-likeness (QED) is 0.262. The van der Waals surface area contributed by atoms with Gasteiger partial charge in [0.05, 0.1) is 18.9 Å². The molecular formula is C18H39O4P. The highest BCUT2D eigenvalue weighted by Gasteiger charge is 2.31. The number of rotatable bonds is 17. The molecule has 0 aromatic carbocycles. The molecule has 2 N–H and O–H groups in total. The Kier molecular flexibility index (Phi) is 15.7. The molecule has 0 aliphatic carbocycles. The molecule has 0 aliphatic rings. The van der Waals surface area contributed by atoms with Gasteiger partial charge in [-0.05, 0) is 12.8 Å². The van der Waals surface area contributed by atoms with Crippen LogP contribution in [0, 0.1) is 0 Å². The molecule has 0 radical (unpaired) electrons. The molecule has 0 heterocycles. The first-order chi connectivity index (χ1) is 11.1. The van der Waals surface area contributed by atoms with Crippen molar-refractivity contribution in [2.45, 2.75) is 103 Å². The van der Waals surface area contributed by atoms with Crippen molar-refractivity contribution in [2.75, 3.05) is 13.2 Å². The van der Waals surface area contributed by atoms with E-state index in [0.717, 1.165) is 38.5 Å². The summed E-state index contributed by atoms with van der Waals surface area (Å²) in [6, 6.07) is 0. The summed E-state index contributed by atoms with van der Waals surface area (Å²) in [5.74, 6) is 0. The van der Waals surface area contributed by atoms with Gasteiger partial charge >= 0.3 is 7.60 Å². The van der Waals surface area contributed by atoms with E-state index in [0.29, 0.717) is 0 Å². The van der Waals surface area contributed by atoms with Crippen molar-refractivity contribution in [3.8, 4) is 0 Å². The average molecular weight is 350 g/mol. The lowest BCUT2D eigenvalue weighted by Gasteiger charge is -2.22. The van der Waals surface area contributed by atoms with Crippen LogP contribution in [0.3, 0.4) is 0 Å². The third-order valence-corrected chi connectivity index (χ3v) is 6.35. The molecule has 5 heteroatoms. The van der Waals surface area contributed by atoms with Crippen molar-refractivity contribution in [1.82, 2.24) is 0 Å². The predicted molar refractivity (Wildman–Crippen MR) is 98.0 cm³/mol. The van der Waals surface area contributed by atoms with Gasteiger partial charge in [0.1, 0.15) is 0 Å². The Bertz CT molecular complexity index is 297. The second-order valence-electron chi connectivity index (χ2n) is 6.53. The first-order valence-electron chi connectivity index (χ1n) is 9.66. The van der Waals surface area contributed by atoms with Crippen LogP contribution in [-0.2, 0) is 9.09 Å². The predicted octanol–water partition coefficient (Wildman–Crippen LogP) is 5.66. The maximum absolute atomic E-state index is 12.4. The molecule has 2 unspecified atom stereocenters. The summed E-state index contributed by atoms with van der Waals surface area (Å²) in [7, 11) is -3.60. The molecule has 2 atom stereocenters. The molecule has 23 heavy (non-hydrogen) atoms. The fraction of sp³-hybridized carbons (Fsp3) is 1.00. The smallest absolute Gasteiger partial charge is 0.331 e. The molecule has 0 aromatic heterocycles. The van der Waals surface area contributed by atoms with Gasteiger partial charge in [-0.25, -0.2) is 0 Å². The molecule has 0 fully saturated rings. The molecule has 0 aliphatic heterocycles. The largest absolute Gasteiger partial charge is 0.394 e. The van der Waals surface area contributed by atoms with Crippen molar-refractivity contribution in [1.29, 1.82) is 0 Å². The molecule has 0 aromatic rings. The van der Waals surface area contributed by atoms with E-state index in [9.17, 15) is 9.46 Å². The molecular weight excluding hydrogens is 311 g/mol. The second-order valence-corrected chi connectivity index (χ2v) is 8.65. The van der Waals surface area contributed by atoms with E-state index in [1.807, 2.05) is 0 Å². The first kappa shape index (κ1) is 23.1. The molecule has 0 spiro atoms. The van der Waals surface area contributed by atoms with E-state index in [4.69, 9.17) is 9.63 Å². The van der Waals surface area contributed by atoms with Gasteiger partial charge in [0, 0.05) is 0 Å². The Morgan fingerprint density at radius 3 is 1.70 bits per heavy atom. The molecule has 4 nitrogen and oxygen atoms in total. The first-order valence-corrected chi connectivity index (χ1v) is 11.3. The lowest BCUT2D eigenvalue weighted by molar-refractivity contribution is 0.178. The van der Waals surface area contributed by atoms with Crippen LogP contribution in [0.15, 0.2) is 0 Å². The van der Waals surface area contributed by atoms with Gasteiger partial charge in [-0.1, -0.05) is 84.5 Å². The van der Waals surface area contributed by atoms with E-state index in [-0.39, 0.29) is 18.9 Å². The Labute approximate surface area is 143 Å². The van der Waals surface area contributed by atoms with Crippen molar-refractivity contribution >= 4 is 7.60 Å². The van der Waals surface area contributed by atoms with Gasteiger partial charge in [-0.2, -0.15) is 0 Å². The van der Waals surface area contributed by atoms with Gasteiger partial charge in [0.2, 0.25) is 0 Å². The van der Waals surface area contributed by atoms with Gasteiger partial charge in [-0.15, -0.1) is 0 Å². The fourth-order valence-corrected chi connectivity index (χ4v) is 4.46. The van der Waals surface area contributed by atoms with E-state index in [1.54, 1.807) is 0 Å². The van der Waals surface area contributed by atoms with Crippen LogP contribution < -0.4 is 0 Å². The minimum absolute atomic E-state index is 0.0450. The summed E-state index contributed by atoms with van der Waals surface area (Å²) >= 11 is 0. The van der Waals surface area contributed by atoms with Crippen LogP contribution in [0.4, 0.5) is 0 Å². The minimum Gasteiger partial charge on any atom is -0.394 e. The second kappa shape index (κ2) is 15.6. The van der Waals surface area contributed by atoms with E-state index < -0.39 is 7.60 Å². The van der Waals surface area contributed by atoms with Crippen LogP contribution >= 0.6 is 7.60 Å².